The molecule has 0 bridgehead atoms. The summed E-state index contributed by atoms with van der Waals surface area (Å²) in [7, 11) is 0. The largest absolute Gasteiger partial charge is 0.466 e. The van der Waals surface area contributed by atoms with Crippen LogP contribution >= 0.6 is 0 Å². The molecule has 110 valence electrons. The number of halogens is 1. The van der Waals surface area contributed by atoms with Crippen LogP contribution in [0.3, 0.4) is 0 Å². The van der Waals surface area contributed by atoms with Crippen LogP contribution in [0, 0.1) is 21.8 Å². The molecule has 1 aromatic rings. The highest BCUT2D eigenvalue weighted by molar-refractivity contribution is 5.78. The number of nitrogens with zero attached hydrogens (tertiary/aromatic N) is 1. The maximum absolute atomic E-state index is 13.7. The second kappa shape index (κ2) is 6.98. The average Bonchev–Trinajstić information content (AvgIpc) is 2.35. The minimum Gasteiger partial charge on any atom is -0.466 e. The molecule has 0 aliphatic heterocycles. The summed E-state index contributed by atoms with van der Waals surface area (Å²) < 4.78 is 18.6. The van der Waals surface area contributed by atoms with Crippen molar-refractivity contribution < 1.29 is 18.8 Å². The molecule has 0 aromatic heterocycles. The van der Waals surface area contributed by atoms with E-state index in [1.807, 2.05) is 13.8 Å². The van der Waals surface area contributed by atoms with Crippen molar-refractivity contribution in [1.29, 1.82) is 0 Å². The zero-order valence-corrected chi connectivity index (χ0v) is 11.8. The van der Waals surface area contributed by atoms with E-state index < -0.39 is 28.3 Å². The Kier molecular flexibility index (Phi) is 5.61. The van der Waals surface area contributed by atoms with E-state index in [4.69, 9.17) is 4.74 Å². The van der Waals surface area contributed by atoms with E-state index in [-0.39, 0.29) is 12.5 Å². The fourth-order valence-corrected chi connectivity index (χ4v) is 1.97. The van der Waals surface area contributed by atoms with Gasteiger partial charge in [-0.3, -0.25) is 14.9 Å². The SMILES string of the molecule is CCOC(=O)C(CC(C)C)c1ccc([N+](=O)[O-])c(F)c1. The van der Waals surface area contributed by atoms with Gasteiger partial charge in [0.05, 0.1) is 17.4 Å². The first-order chi connectivity index (χ1) is 9.36. The molecule has 0 heterocycles. The highest BCUT2D eigenvalue weighted by atomic mass is 19.1. The predicted octanol–water partition coefficient (Wildman–Crippen LogP) is 3.43. The molecule has 0 fully saturated rings. The molecule has 20 heavy (non-hydrogen) atoms. The van der Waals surface area contributed by atoms with Gasteiger partial charge in [0.2, 0.25) is 5.82 Å². The van der Waals surface area contributed by atoms with Gasteiger partial charge in [-0.15, -0.1) is 0 Å². The molecular formula is C14H18FNO4. The smallest absolute Gasteiger partial charge is 0.313 e. The zero-order chi connectivity index (χ0) is 15.3. The third-order valence-electron chi connectivity index (χ3n) is 2.85. The Morgan fingerprint density at radius 1 is 1.45 bits per heavy atom. The molecule has 0 radical (unpaired) electrons. The number of ether oxygens (including phenoxy) is 1. The van der Waals surface area contributed by atoms with Crippen molar-refractivity contribution in [3.63, 3.8) is 0 Å². The number of carbonyl (C=O) groups is 1. The summed E-state index contributed by atoms with van der Waals surface area (Å²) in [5, 5.41) is 10.6. The molecule has 0 saturated heterocycles. The number of hydrogen-bond acceptors (Lipinski definition) is 4. The fraction of sp³-hybridized carbons (Fsp3) is 0.500. The Balaban J connectivity index is 3.10. The number of rotatable bonds is 6. The Labute approximate surface area is 116 Å². The molecule has 0 amide bonds. The zero-order valence-electron chi connectivity index (χ0n) is 11.8. The van der Waals surface area contributed by atoms with E-state index >= 15 is 0 Å². The van der Waals surface area contributed by atoms with Gasteiger partial charge >= 0.3 is 11.7 Å². The molecule has 0 N–H and O–H groups in total. The van der Waals surface area contributed by atoms with Crippen molar-refractivity contribution in [3.05, 3.63) is 39.7 Å². The van der Waals surface area contributed by atoms with Crippen molar-refractivity contribution in [2.75, 3.05) is 6.61 Å². The normalized spacial score (nSPS) is 12.2. The van der Waals surface area contributed by atoms with E-state index in [1.165, 1.54) is 6.07 Å². The molecule has 6 heteroatoms. The monoisotopic (exact) mass is 283 g/mol. The highest BCUT2D eigenvalue weighted by Crippen LogP contribution is 2.28. The van der Waals surface area contributed by atoms with Crippen molar-refractivity contribution in [2.24, 2.45) is 5.92 Å². The molecule has 0 saturated carbocycles. The first-order valence-electron chi connectivity index (χ1n) is 6.47. The second-order valence-electron chi connectivity index (χ2n) is 4.90. The lowest BCUT2D eigenvalue weighted by atomic mass is 9.90. The third kappa shape index (κ3) is 4.01. The molecule has 5 nitrogen and oxygen atoms in total. The van der Waals surface area contributed by atoms with Crippen LogP contribution in [0.4, 0.5) is 10.1 Å². The van der Waals surface area contributed by atoms with Gasteiger partial charge in [-0.2, -0.15) is 4.39 Å². The predicted molar refractivity (Wildman–Crippen MR) is 71.9 cm³/mol. The van der Waals surface area contributed by atoms with E-state index in [0.29, 0.717) is 12.0 Å². The maximum Gasteiger partial charge on any atom is 0.313 e. The van der Waals surface area contributed by atoms with E-state index in [1.54, 1.807) is 6.92 Å². The number of esters is 1. The van der Waals surface area contributed by atoms with E-state index in [2.05, 4.69) is 0 Å². The summed E-state index contributed by atoms with van der Waals surface area (Å²) in [4.78, 5) is 21.7. The standard InChI is InChI=1S/C14H18FNO4/c1-4-20-14(17)11(7-9(2)3)10-5-6-13(16(18)19)12(15)8-10/h5-6,8-9,11H,4,7H2,1-3H3. The molecule has 0 aliphatic rings. The Hall–Kier alpha value is -1.98. The van der Waals surface area contributed by atoms with Gasteiger partial charge < -0.3 is 4.74 Å². The van der Waals surface area contributed by atoms with Gasteiger partial charge in [0.1, 0.15) is 0 Å². The summed E-state index contributed by atoms with van der Waals surface area (Å²) in [6.45, 7) is 5.81. The Morgan fingerprint density at radius 3 is 2.55 bits per heavy atom. The first-order valence-corrected chi connectivity index (χ1v) is 6.47. The summed E-state index contributed by atoms with van der Waals surface area (Å²) in [6.07, 6.45) is 0.496. The second-order valence-corrected chi connectivity index (χ2v) is 4.90. The van der Waals surface area contributed by atoms with Gasteiger partial charge in [0, 0.05) is 6.07 Å². The number of benzene rings is 1. The molecule has 1 aromatic carbocycles. The van der Waals surface area contributed by atoms with Crippen LogP contribution in [0.25, 0.3) is 0 Å². The summed E-state index contributed by atoms with van der Waals surface area (Å²) in [5.41, 5.74) is -0.193. The highest BCUT2D eigenvalue weighted by Gasteiger charge is 2.25. The lowest BCUT2D eigenvalue weighted by Gasteiger charge is -2.18. The quantitative estimate of drug-likeness (QED) is 0.455. The molecule has 0 aliphatic carbocycles. The molecule has 0 spiro atoms. The van der Waals surface area contributed by atoms with Crippen LogP contribution in [0.15, 0.2) is 18.2 Å². The number of carbonyl (C=O) groups excluding carboxylic acids is 1. The van der Waals surface area contributed by atoms with Gasteiger partial charge in [-0.05, 0) is 30.9 Å². The summed E-state index contributed by atoms with van der Waals surface area (Å²) in [5.74, 6) is -1.77. The van der Waals surface area contributed by atoms with Gasteiger partial charge in [-0.25, -0.2) is 0 Å². The Bertz CT molecular complexity index is 502. The first kappa shape index (κ1) is 16.1. The molecule has 1 unspecified atom stereocenters. The Morgan fingerprint density at radius 2 is 2.10 bits per heavy atom. The number of nitro groups is 1. The number of hydrogen-bond donors (Lipinski definition) is 0. The topological polar surface area (TPSA) is 69.4 Å². The van der Waals surface area contributed by atoms with Crippen molar-refractivity contribution >= 4 is 11.7 Å². The summed E-state index contributed by atoms with van der Waals surface area (Å²) in [6, 6.07) is 3.53. The van der Waals surface area contributed by atoms with Gasteiger partial charge in [0.25, 0.3) is 0 Å². The minimum absolute atomic E-state index is 0.211. The van der Waals surface area contributed by atoms with Crippen molar-refractivity contribution in [2.45, 2.75) is 33.1 Å². The van der Waals surface area contributed by atoms with E-state index in [0.717, 1.165) is 12.1 Å². The van der Waals surface area contributed by atoms with Crippen LogP contribution in [0.5, 0.6) is 0 Å². The minimum atomic E-state index is -0.939. The van der Waals surface area contributed by atoms with Crippen LogP contribution in [-0.2, 0) is 9.53 Å². The molecular weight excluding hydrogens is 265 g/mol. The average molecular weight is 283 g/mol. The van der Waals surface area contributed by atoms with Gasteiger partial charge in [-0.1, -0.05) is 19.9 Å². The lowest BCUT2D eigenvalue weighted by molar-refractivity contribution is -0.387. The van der Waals surface area contributed by atoms with Crippen LogP contribution in [0.1, 0.15) is 38.7 Å². The van der Waals surface area contributed by atoms with Crippen molar-refractivity contribution in [3.8, 4) is 0 Å². The molecule has 1 rings (SSSR count). The van der Waals surface area contributed by atoms with Crippen molar-refractivity contribution in [1.82, 2.24) is 0 Å². The van der Waals surface area contributed by atoms with Crippen LogP contribution < -0.4 is 0 Å². The van der Waals surface area contributed by atoms with Gasteiger partial charge in [0.15, 0.2) is 0 Å². The molecule has 1 atom stereocenters. The summed E-state index contributed by atoms with van der Waals surface area (Å²) >= 11 is 0. The maximum atomic E-state index is 13.7. The fourth-order valence-electron chi connectivity index (χ4n) is 1.97. The van der Waals surface area contributed by atoms with Crippen LogP contribution in [0.2, 0.25) is 0 Å². The van der Waals surface area contributed by atoms with E-state index in [9.17, 15) is 19.3 Å². The van der Waals surface area contributed by atoms with Crippen LogP contribution in [-0.4, -0.2) is 17.5 Å². The third-order valence-corrected chi connectivity index (χ3v) is 2.85. The number of nitro benzene ring substituents is 1. The lowest BCUT2D eigenvalue weighted by Crippen LogP contribution is -2.18.